The molecular weight excluding hydrogens is 374 g/mol. The van der Waals surface area contributed by atoms with E-state index in [9.17, 15) is 0 Å². The van der Waals surface area contributed by atoms with Crippen LogP contribution in [0.4, 0.5) is 0 Å². The summed E-state index contributed by atoms with van der Waals surface area (Å²) in [6.07, 6.45) is 0. The third kappa shape index (κ3) is 2.44. The highest BCUT2D eigenvalue weighted by Crippen LogP contribution is 2.37. The Morgan fingerprint density at radius 3 is 2.39 bits per heavy atom. The Morgan fingerprint density at radius 1 is 1.17 bits per heavy atom. The van der Waals surface area contributed by atoms with Gasteiger partial charge >= 0.3 is 0 Å². The van der Waals surface area contributed by atoms with Crippen LogP contribution in [-0.4, -0.2) is 0 Å². The monoisotopic (exact) mass is 387 g/mol. The van der Waals surface area contributed by atoms with Gasteiger partial charge in [-0.25, -0.2) is 0 Å². The average Bonchev–Trinajstić information content (AvgIpc) is 2.72. The van der Waals surface area contributed by atoms with Crippen LogP contribution < -0.4 is 5.73 Å². The lowest BCUT2D eigenvalue weighted by atomic mass is 9.94. The largest absolute Gasteiger partial charge is 0.320 e. The van der Waals surface area contributed by atoms with E-state index in [0.717, 1.165) is 8.95 Å². The van der Waals surface area contributed by atoms with Gasteiger partial charge in [0.2, 0.25) is 0 Å². The van der Waals surface area contributed by atoms with E-state index < -0.39 is 0 Å². The Balaban J connectivity index is 2.59. The van der Waals surface area contributed by atoms with Crippen molar-refractivity contribution in [2.75, 3.05) is 0 Å². The van der Waals surface area contributed by atoms with Gasteiger partial charge in [-0.05, 0) is 70.4 Å². The number of aryl methyl sites for hydroxylation is 2. The van der Waals surface area contributed by atoms with Crippen molar-refractivity contribution in [2.24, 2.45) is 5.73 Å². The van der Waals surface area contributed by atoms with Crippen molar-refractivity contribution in [3.8, 4) is 0 Å². The van der Waals surface area contributed by atoms with Crippen LogP contribution in [0.1, 0.15) is 33.2 Å². The summed E-state index contributed by atoms with van der Waals surface area (Å²) >= 11 is 8.91. The summed E-state index contributed by atoms with van der Waals surface area (Å²) in [4.78, 5) is 1.18. The fourth-order valence-electron chi connectivity index (χ4n) is 2.31. The van der Waals surface area contributed by atoms with Crippen molar-refractivity contribution < 1.29 is 0 Å². The number of hydrogen-bond acceptors (Lipinski definition) is 2. The predicted molar refractivity (Wildman–Crippen MR) is 86.4 cm³/mol. The minimum absolute atomic E-state index is 0.0729. The van der Waals surface area contributed by atoms with Crippen molar-refractivity contribution in [2.45, 2.75) is 26.8 Å². The zero-order valence-electron chi connectivity index (χ0n) is 10.6. The highest BCUT2D eigenvalue weighted by Gasteiger charge is 2.19. The van der Waals surface area contributed by atoms with E-state index >= 15 is 0 Å². The minimum Gasteiger partial charge on any atom is -0.320 e. The number of rotatable bonds is 2. The van der Waals surface area contributed by atoms with Gasteiger partial charge in [-0.3, -0.25) is 0 Å². The maximum absolute atomic E-state index is 6.44. The normalized spacial score (nSPS) is 12.8. The maximum atomic E-state index is 6.44. The smallest absolute Gasteiger partial charge is 0.0662 e. The Bertz CT molecular complexity index is 590. The van der Waals surface area contributed by atoms with E-state index in [4.69, 9.17) is 5.73 Å². The van der Waals surface area contributed by atoms with Crippen LogP contribution in [0.15, 0.2) is 26.5 Å². The van der Waals surface area contributed by atoms with Crippen molar-refractivity contribution >= 4 is 43.2 Å². The lowest BCUT2D eigenvalue weighted by molar-refractivity contribution is 0.863. The second kappa shape index (κ2) is 5.45. The molecule has 2 rings (SSSR count). The SMILES string of the molecule is Cc1cc(C)c(C(N)c2sccc2Br)c(C)c1Br. The second-order valence-electron chi connectivity index (χ2n) is 4.47. The van der Waals surface area contributed by atoms with Crippen molar-refractivity contribution in [1.82, 2.24) is 0 Å². The van der Waals surface area contributed by atoms with Gasteiger partial charge in [-0.1, -0.05) is 22.0 Å². The van der Waals surface area contributed by atoms with E-state index in [-0.39, 0.29) is 6.04 Å². The molecule has 2 aromatic rings. The number of hydrogen-bond donors (Lipinski definition) is 1. The topological polar surface area (TPSA) is 26.0 Å². The zero-order valence-corrected chi connectivity index (χ0v) is 14.5. The van der Waals surface area contributed by atoms with E-state index in [1.807, 2.05) is 6.07 Å². The minimum atomic E-state index is -0.0729. The predicted octanol–water partition coefficient (Wildman–Crippen LogP) is 5.25. The molecule has 0 aliphatic carbocycles. The third-order valence-electron chi connectivity index (χ3n) is 3.18. The molecule has 0 saturated carbocycles. The average molecular weight is 389 g/mol. The fourth-order valence-corrected chi connectivity index (χ4v) is 4.27. The summed E-state index contributed by atoms with van der Waals surface area (Å²) in [5.41, 5.74) is 11.4. The summed E-state index contributed by atoms with van der Waals surface area (Å²) in [6.45, 7) is 6.37. The van der Waals surface area contributed by atoms with Crippen LogP contribution in [0.5, 0.6) is 0 Å². The molecule has 1 nitrogen and oxygen atoms in total. The molecular formula is C14H15Br2NS. The molecule has 0 saturated heterocycles. The summed E-state index contributed by atoms with van der Waals surface area (Å²) in [5, 5.41) is 2.06. The van der Waals surface area contributed by atoms with Crippen LogP contribution in [0.25, 0.3) is 0 Å². The molecule has 2 N–H and O–H groups in total. The highest BCUT2D eigenvalue weighted by molar-refractivity contribution is 9.10. The van der Waals surface area contributed by atoms with Crippen LogP contribution in [0.3, 0.4) is 0 Å². The Hall–Kier alpha value is -0.160. The van der Waals surface area contributed by atoms with Gasteiger partial charge in [0.25, 0.3) is 0 Å². The Kier molecular flexibility index (Phi) is 4.32. The van der Waals surface area contributed by atoms with Crippen molar-refractivity contribution in [3.05, 3.63) is 53.6 Å². The first-order valence-electron chi connectivity index (χ1n) is 5.68. The number of thiophene rings is 1. The Morgan fingerprint density at radius 2 is 1.83 bits per heavy atom. The third-order valence-corrected chi connectivity index (χ3v) is 6.35. The number of halogens is 2. The molecule has 0 spiro atoms. The quantitative estimate of drug-likeness (QED) is 0.747. The molecule has 1 aromatic carbocycles. The molecule has 1 aromatic heterocycles. The van der Waals surface area contributed by atoms with Crippen molar-refractivity contribution in [3.63, 3.8) is 0 Å². The van der Waals surface area contributed by atoms with Crippen LogP contribution >= 0.6 is 43.2 Å². The van der Waals surface area contributed by atoms with Gasteiger partial charge < -0.3 is 5.73 Å². The fraction of sp³-hybridized carbons (Fsp3) is 0.286. The highest BCUT2D eigenvalue weighted by atomic mass is 79.9. The van der Waals surface area contributed by atoms with Gasteiger partial charge in [-0.2, -0.15) is 0 Å². The second-order valence-corrected chi connectivity index (χ2v) is 7.07. The van der Waals surface area contributed by atoms with Crippen LogP contribution in [-0.2, 0) is 0 Å². The first-order valence-corrected chi connectivity index (χ1v) is 8.14. The zero-order chi connectivity index (χ0) is 13.4. The standard InChI is InChI=1S/C14H15Br2NS/c1-7-6-8(2)12(16)9(3)11(7)13(17)14-10(15)4-5-18-14/h4-6,13H,17H2,1-3H3. The molecule has 1 heterocycles. The molecule has 0 aliphatic rings. The molecule has 0 radical (unpaired) electrons. The van der Waals surface area contributed by atoms with Gasteiger partial charge in [0.1, 0.15) is 0 Å². The molecule has 96 valence electrons. The summed E-state index contributed by atoms with van der Waals surface area (Å²) in [6, 6.07) is 4.16. The van der Waals surface area contributed by atoms with Gasteiger partial charge in [0.15, 0.2) is 0 Å². The molecule has 0 fully saturated rings. The molecule has 0 bridgehead atoms. The van der Waals surface area contributed by atoms with Gasteiger partial charge in [0.05, 0.1) is 6.04 Å². The molecule has 0 amide bonds. The van der Waals surface area contributed by atoms with Crippen molar-refractivity contribution in [1.29, 1.82) is 0 Å². The maximum Gasteiger partial charge on any atom is 0.0662 e. The van der Waals surface area contributed by atoms with Gasteiger partial charge in [-0.15, -0.1) is 11.3 Å². The number of nitrogens with two attached hydrogens (primary N) is 1. The van der Waals surface area contributed by atoms with E-state index in [1.165, 1.54) is 27.1 Å². The number of benzene rings is 1. The summed E-state index contributed by atoms with van der Waals surface area (Å²) in [5.74, 6) is 0. The lowest BCUT2D eigenvalue weighted by Crippen LogP contribution is -2.14. The van der Waals surface area contributed by atoms with E-state index in [2.05, 4.69) is 64.1 Å². The van der Waals surface area contributed by atoms with Crippen LogP contribution in [0.2, 0.25) is 0 Å². The summed E-state index contributed by atoms with van der Waals surface area (Å²) < 4.78 is 2.25. The molecule has 0 aliphatic heterocycles. The first-order chi connectivity index (χ1) is 8.43. The van der Waals surface area contributed by atoms with Crippen LogP contribution in [0, 0.1) is 20.8 Å². The molecule has 18 heavy (non-hydrogen) atoms. The molecule has 4 heteroatoms. The summed E-state index contributed by atoms with van der Waals surface area (Å²) in [7, 11) is 0. The first kappa shape index (κ1) is 14.3. The molecule has 1 unspecified atom stereocenters. The van der Waals surface area contributed by atoms with Gasteiger partial charge in [0, 0.05) is 13.8 Å². The lowest BCUT2D eigenvalue weighted by Gasteiger charge is -2.19. The molecule has 1 atom stereocenters. The van der Waals surface area contributed by atoms with E-state index in [0.29, 0.717) is 0 Å². The van der Waals surface area contributed by atoms with E-state index in [1.54, 1.807) is 11.3 Å². The Labute approximate surface area is 129 Å².